The SMILES string of the molecule is Clc1ccnc(CN2CCCCc3ccccc32)c1. The van der Waals surface area contributed by atoms with Crippen LogP contribution in [0.15, 0.2) is 42.6 Å². The molecule has 0 unspecified atom stereocenters. The van der Waals surface area contributed by atoms with E-state index in [1.807, 2.05) is 12.1 Å². The molecule has 2 heterocycles. The Morgan fingerprint density at radius 3 is 2.95 bits per heavy atom. The van der Waals surface area contributed by atoms with Gasteiger partial charge in [0, 0.05) is 23.5 Å². The fourth-order valence-corrected chi connectivity index (χ4v) is 2.85. The Bertz CT molecular complexity index is 568. The molecule has 1 aromatic carbocycles. The number of rotatable bonds is 2. The van der Waals surface area contributed by atoms with Crippen LogP contribution < -0.4 is 4.90 Å². The fraction of sp³-hybridized carbons (Fsp3) is 0.312. The van der Waals surface area contributed by atoms with Crippen molar-refractivity contribution in [3.05, 3.63) is 58.9 Å². The maximum absolute atomic E-state index is 6.04. The van der Waals surface area contributed by atoms with Crippen LogP contribution in [0.2, 0.25) is 5.02 Å². The average molecular weight is 273 g/mol. The fourth-order valence-electron chi connectivity index (χ4n) is 2.66. The lowest BCUT2D eigenvalue weighted by atomic mass is 10.1. The summed E-state index contributed by atoms with van der Waals surface area (Å²) >= 11 is 6.04. The Kier molecular flexibility index (Phi) is 3.69. The zero-order chi connectivity index (χ0) is 13.1. The first-order valence-electron chi connectivity index (χ1n) is 6.76. The molecular weight excluding hydrogens is 256 g/mol. The molecular formula is C16H17ClN2. The standard InChI is InChI=1S/C16H17ClN2/c17-14-8-9-18-15(11-14)12-19-10-4-3-6-13-5-1-2-7-16(13)19/h1-2,5,7-9,11H,3-4,6,10,12H2. The highest BCUT2D eigenvalue weighted by Gasteiger charge is 2.15. The molecule has 19 heavy (non-hydrogen) atoms. The molecule has 1 aliphatic heterocycles. The lowest BCUT2D eigenvalue weighted by Gasteiger charge is -2.24. The summed E-state index contributed by atoms with van der Waals surface area (Å²) in [6.07, 6.45) is 5.45. The molecule has 0 spiro atoms. The van der Waals surface area contributed by atoms with Crippen molar-refractivity contribution in [2.75, 3.05) is 11.4 Å². The van der Waals surface area contributed by atoms with Crippen molar-refractivity contribution in [3.8, 4) is 0 Å². The van der Waals surface area contributed by atoms with Gasteiger partial charge in [-0.25, -0.2) is 0 Å². The van der Waals surface area contributed by atoms with Gasteiger partial charge >= 0.3 is 0 Å². The largest absolute Gasteiger partial charge is 0.365 e. The van der Waals surface area contributed by atoms with E-state index in [-0.39, 0.29) is 0 Å². The van der Waals surface area contributed by atoms with Crippen LogP contribution in [0.5, 0.6) is 0 Å². The Balaban J connectivity index is 1.88. The number of hydrogen-bond donors (Lipinski definition) is 0. The lowest BCUT2D eigenvalue weighted by molar-refractivity contribution is 0.708. The average Bonchev–Trinajstić information content (AvgIpc) is 2.62. The van der Waals surface area contributed by atoms with Crippen LogP contribution in [0.3, 0.4) is 0 Å². The van der Waals surface area contributed by atoms with Crippen molar-refractivity contribution in [2.45, 2.75) is 25.8 Å². The number of aromatic nitrogens is 1. The number of fused-ring (bicyclic) bond motifs is 1. The first kappa shape index (κ1) is 12.5. The molecule has 1 aliphatic rings. The summed E-state index contributed by atoms with van der Waals surface area (Å²) in [7, 11) is 0. The van der Waals surface area contributed by atoms with Crippen LogP contribution >= 0.6 is 11.6 Å². The van der Waals surface area contributed by atoms with Crippen molar-refractivity contribution in [2.24, 2.45) is 0 Å². The molecule has 0 N–H and O–H groups in total. The first-order valence-corrected chi connectivity index (χ1v) is 7.14. The second kappa shape index (κ2) is 5.62. The summed E-state index contributed by atoms with van der Waals surface area (Å²) in [6, 6.07) is 12.5. The van der Waals surface area contributed by atoms with Gasteiger partial charge in [0.1, 0.15) is 0 Å². The van der Waals surface area contributed by atoms with Gasteiger partial charge in [0.25, 0.3) is 0 Å². The van der Waals surface area contributed by atoms with Gasteiger partial charge in [0.15, 0.2) is 0 Å². The maximum atomic E-state index is 6.04. The molecule has 2 nitrogen and oxygen atoms in total. The van der Waals surface area contributed by atoms with Crippen LogP contribution in [-0.2, 0) is 13.0 Å². The van der Waals surface area contributed by atoms with E-state index in [0.29, 0.717) is 0 Å². The monoisotopic (exact) mass is 272 g/mol. The number of aryl methyl sites for hydroxylation is 1. The molecule has 0 bridgehead atoms. The van der Waals surface area contributed by atoms with Crippen molar-refractivity contribution in [3.63, 3.8) is 0 Å². The van der Waals surface area contributed by atoms with Crippen LogP contribution in [0.25, 0.3) is 0 Å². The number of anilines is 1. The van der Waals surface area contributed by atoms with Crippen molar-refractivity contribution < 1.29 is 0 Å². The number of para-hydroxylation sites is 1. The Hall–Kier alpha value is -1.54. The van der Waals surface area contributed by atoms with Crippen LogP contribution in [0.4, 0.5) is 5.69 Å². The van der Waals surface area contributed by atoms with E-state index in [4.69, 9.17) is 11.6 Å². The molecule has 2 aromatic rings. The minimum absolute atomic E-state index is 0.758. The van der Waals surface area contributed by atoms with E-state index in [0.717, 1.165) is 23.8 Å². The summed E-state index contributed by atoms with van der Waals surface area (Å²) in [5.74, 6) is 0. The third-order valence-corrected chi connectivity index (χ3v) is 3.82. The molecule has 0 fully saturated rings. The number of pyridine rings is 1. The van der Waals surface area contributed by atoms with Gasteiger partial charge in [-0.05, 0) is 43.0 Å². The van der Waals surface area contributed by atoms with Gasteiger partial charge in [-0.15, -0.1) is 0 Å². The number of benzene rings is 1. The predicted molar refractivity (Wildman–Crippen MR) is 79.7 cm³/mol. The van der Waals surface area contributed by atoms with Gasteiger partial charge in [0.2, 0.25) is 0 Å². The summed E-state index contributed by atoms with van der Waals surface area (Å²) in [5.41, 5.74) is 3.83. The third kappa shape index (κ3) is 2.90. The van der Waals surface area contributed by atoms with Gasteiger partial charge in [0.05, 0.1) is 12.2 Å². The van der Waals surface area contributed by atoms with Gasteiger partial charge in [-0.3, -0.25) is 4.98 Å². The summed E-state index contributed by atoms with van der Waals surface area (Å²) in [4.78, 5) is 6.83. The highest BCUT2D eigenvalue weighted by atomic mass is 35.5. The normalized spacial score (nSPS) is 14.9. The first-order chi connectivity index (χ1) is 9.33. The molecule has 3 rings (SSSR count). The molecule has 0 radical (unpaired) electrons. The highest BCUT2D eigenvalue weighted by Crippen LogP contribution is 2.27. The summed E-state index contributed by atoms with van der Waals surface area (Å²) < 4.78 is 0. The predicted octanol–water partition coefficient (Wildman–Crippen LogP) is 4.08. The smallest absolute Gasteiger partial charge is 0.0611 e. The van der Waals surface area contributed by atoms with Crippen molar-refractivity contribution in [1.82, 2.24) is 4.98 Å². The van der Waals surface area contributed by atoms with E-state index in [1.165, 1.54) is 30.5 Å². The second-order valence-corrected chi connectivity index (χ2v) is 5.41. The molecule has 3 heteroatoms. The maximum Gasteiger partial charge on any atom is 0.0611 e. The molecule has 0 saturated carbocycles. The minimum atomic E-state index is 0.758. The lowest BCUT2D eigenvalue weighted by Crippen LogP contribution is -2.24. The van der Waals surface area contributed by atoms with Crippen molar-refractivity contribution >= 4 is 17.3 Å². The summed E-state index contributed by atoms with van der Waals surface area (Å²) in [5, 5.41) is 0.758. The second-order valence-electron chi connectivity index (χ2n) is 4.97. The molecule has 0 amide bonds. The van der Waals surface area contributed by atoms with Crippen LogP contribution in [0.1, 0.15) is 24.1 Å². The van der Waals surface area contributed by atoms with Crippen molar-refractivity contribution in [1.29, 1.82) is 0 Å². The van der Waals surface area contributed by atoms with Crippen LogP contribution in [-0.4, -0.2) is 11.5 Å². The van der Waals surface area contributed by atoms with Gasteiger partial charge < -0.3 is 4.90 Å². The summed E-state index contributed by atoms with van der Waals surface area (Å²) in [6.45, 7) is 1.92. The van der Waals surface area contributed by atoms with Gasteiger partial charge in [-0.2, -0.15) is 0 Å². The van der Waals surface area contributed by atoms with Gasteiger partial charge in [-0.1, -0.05) is 29.8 Å². The number of hydrogen-bond acceptors (Lipinski definition) is 2. The molecule has 98 valence electrons. The van der Waals surface area contributed by atoms with E-state index < -0.39 is 0 Å². The van der Waals surface area contributed by atoms with E-state index in [1.54, 1.807) is 6.20 Å². The van der Waals surface area contributed by atoms with E-state index >= 15 is 0 Å². The number of nitrogens with zero attached hydrogens (tertiary/aromatic N) is 2. The minimum Gasteiger partial charge on any atom is -0.365 e. The van der Waals surface area contributed by atoms with E-state index in [2.05, 4.69) is 34.1 Å². The highest BCUT2D eigenvalue weighted by molar-refractivity contribution is 6.30. The molecule has 1 aromatic heterocycles. The zero-order valence-electron chi connectivity index (χ0n) is 10.8. The quantitative estimate of drug-likeness (QED) is 0.819. The number of halogens is 1. The molecule has 0 aliphatic carbocycles. The Labute approximate surface area is 119 Å². The molecule has 0 saturated heterocycles. The topological polar surface area (TPSA) is 16.1 Å². The Morgan fingerprint density at radius 2 is 2.05 bits per heavy atom. The zero-order valence-corrected chi connectivity index (χ0v) is 11.6. The molecule has 0 atom stereocenters. The third-order valence-electron chi connectivity index (χ3n) is 3.59. The Morgan fingerprint density at radius 1 is 1.16 bits per heavy atom. The van der Waals surface area contributed by atoms with E-state index in [9.17, 15) is 0 Å². The van der Waals surface area contributed by atoms with Crippen LogP contribution in [0, 0.1) is 0 Å².